The molecule has 1 aromatic carbocycles. The van der Waals surface area contributed by atoms with E-state index in [0.717, 1.165) is 29.8 Å². The van der Waals surface area contributed by atoms with Crippen molar-refractivity contribution < 1.29 is 4.79 Å². The lowest BCUT2D eigenvalue weighted by molar-refractivity contribution is -0.120. The first-order chi connectivity index (χ1) is 9.10. The fourth-order valence-corrected chi connectivity index (χ4v) is 2.47. The first kappa shape index (κ1) is 11.9. The Hall–Kier alpha value is -2.17. The number of carbonyl (C=O) groups is 1. The highest BCUT2D eigenvalue weighted by molar-refractivity contribution is 5.94. The lowest BCUT2D eigenvalue weighted by Crippen LogP contribution is -2.22. The number of aromatic nitrogens is 3. The van der Waals surface area contributed by atoms with Crippen molar-refractivity contribution in [3.8, 4) is 0 Å². The third-order valence-corrected chi connectivity index (χ3v) is 3.74. The zero-order valence-electron chi connectivity index (χ0n) is 10.8. The van der Waals surface area contributed by atoms with E-state index >= 15 is 0 Å². The number of ketones is 1. The van der Waals surface area contributed by atoms with Gasteiger partial charge in [0.15, 0.2) is 0 Å². The molecule has 0 bridgehead atoms. The molecule has 1 aromatic heterocycles. The van der Waals surface area contributed by atoms with Crippen LogP contribution in [0.1, 0.15) is 24.1 Å². The minimum absolute atomic E-state index is 0.220. The standard InChI is InChI=1S/C14H16N4O/c1-18-9-12(16-17-18)8-13(19)14(6-7-14)10-2-4-11(15)5-3-10/h2-5,9H,6-8,15H2,1H3. The molecule has 5 heteroatoms. The zero-order chi connectivity index (χ0) is 13.5. The maximum absolute atomic E-state index is 12.5. The smallest absolute Gasteiger partial charge is 0.149 e. The highest BCUT2D eigenvalue weighted by Gasteiger charge is 2.50. The third-order valence-electron chi connectivity index (χ3n) is 3.74. The minimum Gasteiger partial charge on any atom is -0.399 e. The molecule has 2 N–H and O–H groups in total. The molecule has 19 heavy (non-hydrogen) atoms. The molecule has 0 saturated heterocycles. The first-order valence-corrected chi connectivity index (χ1v) is 6.35. The lowest BCUT2D eigenvalue weighted by atomic mass is 9.89. The van der Waals surface area contributed by atoms with Gasteiger partial charge in [-0.05, 0) is 30.5 Å². The molecule has 1 saturated carbocycles. The largest absolute Gasteiger partial charge is 0.399 e. The Kier molecular flexibility index (Phi) is 2.62. The van der Waals surface area contributed by atoms with Crippen LogP contribution in [0.5, 0.6) is 0 Å². The molecule has 1 fully saturated rings. The van der Waals surface area contributed by atoms with Crippen molar-refractivity contribution in [1.29, 1.82) is 0 Å². The Bertz CT molecular complexity index is 611. The van der Waals surface area contributed by atoms with Crippen molar-refractivity contribution >= 4 is 11.5 Å². The normalized spacial score (nSPS) is 16.3. The van der Waals surface area contributed by atoms with Gasteiger partial charge in [0.05, 0.1) is 17.5 Å². The second-order valence-electron chi connectivity index (χ2n) is 5.19. The predicted molar refractivity (Wildman–Crippen MR) is 71.5 cm³/mol. The molecule has 1 aliphatic rings. The van der Waals surface area contributed by atoms with Gasteiger partial charge in [0, 0.05) is 18.9 Å². The van der Waals surface area contributed by atoms with Crippen molar-refractivity contribution in [2.24, 2.45) is 7.05 Å². The SMILES string of the molecule is Cn1cc(CC(=O)C2(c3ccc(N)cc3)CC2)nn1. The van der Waals surface area contributed by atoms with E-state index in [-0.39, 0.29) is 11.2 Å². The summed E-state index contributed by atoms with van der Waals surface area (Å²) < 4.78 is 1.62. The summed E-state index contributed by atoms with van der Waals surface area (Å²) in [7, 11) is 1.80. The Morgan fingerprint density at radius 2 is 2.05 bits per heavy atom. The third kappa shape index (κ3) is 2.12. The van der Waals surface area contributed by atoms with Gasteiger partial charge in [-0.15, -0.1) is 5.10 Å². The summed E-state index contributed by atoms with van der Waals surface area (Å²) in [6.45, 7) is 0. The summed E-state index contributed by atoms with van der Waals surface area (Å²) in [5.41, 5.74) is 7.89. The van der Waals surface area contributed by atoms with Crippen molar-refractivity contribution in [3.05, 3.63) is 41.7 Å². The Labute approximate surface area is 111 Å². The summed E-state index contributed by atoms with van der Waals surface area (Å²) in [5, 5.41) is 7.83. The van der Waals surface area contributed by atoms with Gasteiger partial charge >= 0.3 is 0 Å². The van der Waals surface area contributed by atoms with E-state index in [1.165, 1.54) is 0 Å². The second-order valence-corrected chi connectivity index (χ2v) is 5.19. The molecule has 1 aliphatic carbocycles. The predicted octanol–water partition coefficient (Wildman–Crippen LogP) is 1.24. The second kappa shape index (κ2) is 4.19. The van der Waals surface area contributed by atoms with Crippen LogP contribution in [-0.4, -0.2) is 20.8 Å². The molecular weight excluding hydrogens is 240 g/mol. The van der Waals surface area contributed by atoms with Crippen LogP contribution in [0, 0.1) is 0 Å². The lowest BCUT2D eigenvalue weighted by Gasteiger charge is -2.13. The van der Waals surface area contributed by atoms with E-state index < -0.39 is 0 Å². The van der Waals surface area contributed by atoms with Gasteiger partial charge in [-0.2, -0.15) is 0 Å². The quantitative estimate of drug-likeness (QED) is 0.835. The minimum atomic E-state index is -0.314. The number of hydrogen-bond acceptors (Lipinski definition) is 4. The number of benzene rings is 1. The Morgan fingerprint density at radius 1 is 1.37 bits per heavy atom. The average Bonchev–Trinajstić information content (AvgIpc) is 3.10. The maximum Gasteiger partial charge on any atom is 0.149 e. The number of nitrogens with zero attached hydrogens (tertiary/aromatic N) is 3. The molecule has 0 unspecified atom stereocenters. The number of anilines is 1. The van der Waals surface area contributed by atoms with Gasteiger partial charge in [-0.25, -0.2) is 0 Å². The van der Waals surface area contributed by atoms with Crippen molar-refractivity contribution in [2.75, 3.05) is 5.73 Å². The fraction of sp³-hybridized carbons (Fsp3) is 0.357. The summed E-state index contributed by atoms with van der Waals surface area (Å²) in [6.07, 6.45) is 3.96. The molecule has 0 spiro atoms. The molecule has 5 nitrogen and oxygen atoms in total. The summed E-state index contributed by atoms with van der Waals surface area (Å²) in [6, 6.07) is 7.61. The molecule has 0 amide bonds. The molecule has 0 radical (unpaired) electrons. The van der Waals surface area contributed by atoms with E-state index in [2.05, 4.69) is 10.3 Å². The van der Waals surface area contributed by atoms with Crippen LogP contribution in [0.3, 0.4) is 0 Å². The molecule has 1 heterocycles. The van der Waals surface area contributed by atoms with Crippen LogP contribution >= 0.6 is 0 Å². The van der Waals surface area contributed by atoms with Crippen LogP contribution in [-0.2, 0) is 23.7 Å². The summed E-state index contributed by atoms with van der Waals surface area (Å²) in [4.78, 5) is 12.5. The number of carbonyl (C=O) groups excluding carboxylic acids is 1. The van der Waals surface area contributed by atoms with Crippen molar-refractivity contribution in [1.82, 2.24) is 15.0 Å². The van der Waals surface area contributed by atoms with Gasteiger partial charge < -0.3 is 5.73 Å². The van der Waals surface area contributed by atoms with Crippen LogP contribution in [0.2, 0.25) is 0 Å². The topological polar surface area (TPSA) is 73.8 Å². The number of hydrogen-bond donors (Lipinski definition) is 1. The van der Waals surface area contributed by atoms with E-state index in [4.69, 9.17) is 5.73 Å². The fourth-order valence-electron chi connectivity index (χ4n) is 2.47. The van der Waals surface area contributed by atoms with Crippen molar-refractivity contribution in [3.63, 3.8) is 0 Å². The van der Waals surface area contributed by atoms with Crippen LogP contribution in [0.25, 0.3) is 0 Å². The summed E-state index contributed by atoms with van der Waals surface area (Å²) in [5.74, 6) is 0.220. The number of rotatable bonds is 4. The summed E-state index contributed by atoms with van der Waals surface area (Å²) >= 11 is 0. The molecule has 3 rings (SSSR count). The number of Topliss-reactive ketones (excluding diaryl/α,β-unsaturated/α-hetero) is 1. The highest BCUT2D eigenvalue weighted by Crippen LogP contribution is 2.49. The van der Waals surface area contributed by atoms with Gasteiger partial charge in [0.25, 0.3) is 0 Å². The molecule has 0 aliphatic heterocycles. The first-order valence-electron chi connectivity index (χ1n) is 6.35. The molecule has 98 valence electrons. The zero-order valence-corrected chi connectivity index (χ0v) is 10.8. The van der Waals surface area contributed by atoms with Gasteiger partial charge in [0.1, 0.15) is 5.78 Å². The monoisotopic (exact) mass is 256 g/mol. The van der Waals surface area contributed by atoms with Crippen LogP contribution in [0.4, 0.5) is 5.69 Å². The number of aryl methyl sites for hydroxylation is 1. The van der Waals surface area contributed by atoms with Crippen LogP contribution in [0.15, 0.2) is 30.5 Å². The van der Waals surface area contributed by atoms with Crippen molar-refractivity contribution in [2.45, 2.75) is 24.7 Å². The Morgan fingerprint density at radius 3 is 2.58 bits per heavy atom. The Balaban J connectivity index is 1.81. The average molecular weight is 256 g/mol. The van der Waals surface area contributed by atoms with E-state index in [1.807, 2.05) is 24.3 Å². The van der Waals surface area contributed by atoms with E-state index in [0.29, 0.717) is 6.42 Å². The van der Waals surface area contributed by atoms with E-state index in [1.54, 1.807) is 17.9 Å². The molecular formula is C14H16N4O. The number of nitrogen functional groups attached to an aromatic ring is 1. The number of nitrogens with two attached hydrogens (primary N) is 1. The maximum atomic E-state index is 12.5. The van der Waals surface area contributed by atoms with E-state index in [9.17, 15) is 4.79 Å². The van der Waals surface area contributed by atoms with Crippen LogP contribution < -0.4 is 5.73 Å². The molecule has 0 atom stereocenters. The van der Waals surface area contributed by atoms with Gasteiger partial charge in [-0.3, -0.25) is 9.48 Å². The molecule has 2 aromatic rings. The van der Waals surface area contributed by atoms with Gasteiger partial charge in [0.2, 0.25) is 0 Å². The highest BCUT2D eigenvalue weighted by atomic mass is 16.1. The van der Waals surface area contributed by atoms with Gasteiger partial charge in [-0.1, -0.05) is 17.3 Å².